The van der Waals surface area contributed by atoms with Gasteiger partial charge in [-0.05, 0) is 37.2 Å². The highest BCUT2D eigenvalue weighted by Crippen LogP contribution is 2.25. The summed E-state index contributed by atoms with van der Waals surface area (Å²) < 4.78 is 0. The first-order chi connectivity index (χ1) is 9.99. The first-order valence-electron chi connectivity index (χ1n) is 6.97. The maximum atomic E-state index is 12.2. The Bertz CT molecular complexity index is 637. The van der Waals surface area contributed by atoms with E-state index in [-0.39, 0.29) is 23.6 Å². The molecule has 0 spiro atoms. The maximum Gasteiger partial charge on any atom is 0.261 e. The minimum atomic E-state index is -0.331. The van der Waals surface area contributed by atoms with Gasteiger partial charge in [0, 0.05) is 18.7 Å². The number of carbonyl (C=O) groups excluding carboxylic acids is 3. The van der Waals surface area contributed by atoms with Gasteiger partial charge in [0.1, 0.15) is 0 Å². The summed E-state index contributed by atoms with van der Waals surface area (Å²) in [6.45, 7) is 3.61. The minimum Gasteiger partial charge on any atom is -0.326 e. The molecule has 0 saturated carbocycles. The van der Waals surface area contributed by atoms with Crippen LogP contribution in [-0.2, 0) is 4.79 Å². The van der Waals surface area contributed by atoms with Crippen molar-refractivity contribution in [3.8, 4) is 0 Å². The molecule has 0 radical (unpaired) electrons. The molecule has 21 heavy (non-hydrogen) atoms. The van der Waals surface area contributed by atoms with Crippen LogP contribution in [0.15, 0.2) is 18.2 Å². The molecule has 3 rings (SSSR count). The summed E-state index contributed by atoms with van der Waals surface area (Å²) in [4.78, 5) is 37.0. The average Bonchev–Trinajstić information content (AvgIpc) is 2.62. The lowest BCUT2D eigenvalue weighted by Gasteiger charge is -2.31. The van der Waals surface area contributed by atoms with Crippen molar-refractivity contribution in [3.63, 3.8) is 0 Å². The van der Waals surface area contributed by atoms with Gasteiger partial charge < -0.3 is 10.6 Å². The molecule has 6 heteroatoms. The van der Waals surface area contributed by atoms with Crippen LogP contribution in [0.1, 0.15) is 27.6 Å². The summed E-state index contributed by atoms with van der Waals surface area (Å²) in [5.41, 5.74) is 1.28. The van der Waals surface area contributed by atoms with E-state index in [1.165, 1.54) is 7.05 Å². The highest BCUT2D eigenvalue weighted by atomic mass is 16.2. The van der Waals surface area contributed by atoms with Gasteiger partial charge >= 0.3 is 0 Å². The fourth-order valence-corrected chi connectivity index (χ4v) is 2.57. The number of nitrogens with zero attached hydrogens (tertiary/aromatic N) is 1. The molecule has 1 aromatic carbocycles. The predicted molar refractivity (Wildman–Crippen MR) is 77.0 cm³/mol. The highest BCUT2D eigenvalue weighted by molar-refractivity contribution is 6.21. The molecule has 0 aliphatic carbocycles. The van der Waals surface area contributed by atoms with Crippen LogP contribution >= 0.6 is 0 Å². The Kier molecular flexibility index (Phi) is 3.25. The number of fused-ring (bicyclic) bond motifs is 1. The van der Waals surface area contributed by atoms with Crippen LogP contribution < -0.4 is 10.6 Å². The first-order valence-corrected chi connectivity index (χ1v) is 6.97. The Balaban J connectivity index is 1.77. The van der Waals surface area contributed by atoms with E-state index in [0.717, 1.165) is 18.0 Å². The second-order valence-electron chi connectivity index (χ2n) is 5.63. The number of benzene rings is 1. The Labute approximate surface area is 122 Å². The van der Waals surface area contributed by atoms with Gasteiger partial charge in [-0.25, -0.2) is 0 Å². The van der Waals surface area contributed by atoms with Crippen molar-refractivity contribution in [2.75, 3.05) is 25.5 Å². The lowest BCUT2D eigenvalue weighted by atomic mass is 9.88. The molecule has 6 nitrogen and oxygen atoms in total. The maximum absolute atomic E-state index is 12.2. The van der Waals surface area contributed by atoms with Crippen molar-refractivity contribution in [1.82, 2.24) is 10.2 Å². The lowest BCUT2D eigenvalue weighted by Crippen LogP contribution is -2.48. The Morgan fingerprint density at radius 3 is 2.57 bits per heavy atom. The molecule has 3 amide bonds. The molecule has 2 aliphatic heterocycles. The number of hydrogen-bond donors (Lipinski definition) is 2. The summed E-state index contributed by atoms with van der Waals surface area (Å²) in [6.07, 6.45) is 0. The quantitative estimate of drug-likeness (QED) is 0.802. The number of anilines is 1. The van der Waals surface area contributed by atoms with Crippen LogP contribution in [0.25, 0.3) is 0 Å². The van der Waals surface area contributed by atoms with Crippen molar-refractivity contribution in [1.29, 1.82) is 0 Å². The van der Waals surface area contributed by atoms with E-state index >= 15 is 0 Å². The molecular formula is C15H17N3O3. The Hall–Kier alpha value is -2.21. The normalized spacial score (nSPS) is 19.2. The molecule has 0 aromatic heterocycles. The standard InChI is InChI=1S/C15H17N3O3/c1-8(9-6-16-7-9)13(19)17-10-3-4-11-12(5-10)15(21)18(2)14(11)20/h3-5,8-9,16H,6-7H2,1-2H3,(H,17,19). The van der Waals surface area contributed by atoms with Gasteiger partial charge in [0.15, 0.2) is 0 Å². The van der Waals surface area contributed by atoms with E-state index in [0.29, 0.717) is 22.7 Å². The van der Waals surface area contributed by atoms with Gasteiger partial charge in [0.25, 0.3) is 11.8 Å². The topological polar surface area (TPSA) is 78.5 Å². The molecule has 1 aromatic rings. The summed E-state index contributed by atoms with van der Waals surface area (Å²) in [5, 5.41) is 5.96. The highest BCUT2D eigenvalue weighted by Gasteiger charge is 2.33. The van der Waals surface area contributed by atoms with Gasteiger partial charge in [0.05, 0.1) is 11.1 Å². The molecule has 1 fully saturated rings. The van der Waals surface area contributed by atoms with Gasteiger partial charge in [-0.15, -0.1) is 0 Å². The van der Waals surface area contributed by atoms with Crippen LogP contribution in [0.5, 0.6) is 0 Å². The third-order valence-electron chi connectivity index (χ3n) is 4.29. The number of nitrogens with one attached hydrogen (secondary N) is 2. The molecule has 2 aliphatic rings. The van der Waals surface area contributed by atoms with Crippen LogP contribution in [0.3, 0.4) is 0 Å². The number of hydrogen-bond acceptors (Lipinski definition) is 4. The van der Waals surface area contributed by atoms with E-state index in [4.69, 9.17) is 0 Å². The van der Waals surface area contributed by atoms with E-state index in [1.54, 1.807) is 18.2 Å². The van der Waals surface area contributed by atoms with E-state index in [2.05, 4.69) is 10.6 Å². The van der Waals surface area contributed by atoms with Gasteiger partial charge in [-0.1, -0.05) is 6.92 Å². The SMILES string of the molecule is CC(C(=O)Nc1ccc2c(c1)C(=O)N(C)C2=O)C1CNC1. The smallest absolute Gasteiger partial charge is 0.261 e. The Morgan fingerprint density at radius 1 is 1.29 bits per heavy atom. The molecule has 2 heterocycles. The molecular weight excluding hydrogens is 270 g/mol. The largest absolute Gasteiger partial charge is 0.326 e. The van der Waals surface area contributed by atoms with Gasteiger partial charge in [-0.2, -0.15) is 0 Å². The second kappa shape index (κ2) is 4.96. The summed E-state index contributed by atoms with van der Waals surface area (Å²) >= 11 is 0. The number of carbonyl (C=O) groups is 3. The van der Waals surface area contributed by atoms with Crippen LogP contribution in [0.4, 0.5) is 5.69 Å². The minimum absolute atomic E-state index is 0.0634. The van der Waals surface area contributed by atoms with Gasteiger partial charge in [-0.3, -0.25) is 19.3 Å². The third kappa shape index (κ3) is 2.21. The van der Waals surface area contributed by atoms with Crippen molar-refractivity contribution < 1.29 is 14.4 Å². The second-order valence-corrected chi connectivity index (χ2v) is 5.63. The fourth-order valence-electron chi connectivity index (χ4n) is 2.57. The van der Waals surface area contributed by atoms with Crippen LogP contribution in [0.2, 0.25) is 0 Å². The van der Waals surface area contributed by atoms with Crippen molar-refractivity contribution in [2.24, 2.45) is 11.8 Å². The zero-order chi connectivity index (χ0) is 15.1. The fraction of sp³-hybridized carbons (Fsp3) is 0.400. The predicted octanol–water partition coefficient (Wildman–Crippen LogP) is 0.706. The van der Waals surface area contributed by atoms with E-state index < -0.39 is 0 Å². The average molecular weight is 287 g/mol. The number of rotatable bonds is 3. The number of amides is 3. The first kappa shape index (κ1) is 13.8. The monoisotopic (exact) mass is 287 g/mol. The molecule has 1 saturated heterocycles. The van der Waals surface area contributed by atoms with E-state index in [1.807, 2.05) is 6.92 Å². The molecule has 1 atom stereocenters. The summed E-state index contributed by atoms with van der Waals surface area (Å²) in [5.74, 6) is -0.427. The number of imide groups is 1. The van der Waals surface area contributed by atoms with Gasteiger partial charge in [0.2, 0.25) is 5.91 Å². The molecule has 1 unspecified atom stereocenters. The van der Waals surface area contributed by atoms with Crippen molar-refractivity contribution in [3.05, 3.63) is 29.3 Å². The van der Waals surface area contributed by atoms with E-state index in [9.17, 15) is 14.4 Å². The zero-order valence-electron chi connectivity index (χ0n) is 12.0. The van der Waals surface area contributed by atoms with Crippen molar-refractivity contribution >= 4 is 23.4 Å². The molecule has 0 bridgehead atoms. The van der Waals surface area contributed by atoms with Crippen LogP contribution in [-0.4, -0.2) is 42.8 Å². The molecule has 110 valence electrons. The summed E-state index contributed by atoms with van der Waals surface area (Å²) in [6, 6.07) is 4.82. The summed E-state index contributed by atoms with van der Waals surface area (Å²) in [7, 11) is 1.45. The van der Waals surface area contributed by atoms with Crippen LogP contribution in [0, 0.1) is 11.8 Å². The van der Waals surface area contributed by atoms with Crippen molar-refractivity contribution in [2.45, 2.75) is 6.92 Å². The third-order valence-corrected chi connectivity index (χ3v) is 4.29. The molecule has 2 N–H and O–H groups in total. The Morgan fingerprint density at radius 2 is 1.95 bits per heavy atom. The lowest BCUT2D eigenvalue weighted by molar-refractivity contribution is -0.121. The zero-order valence-corrected chi connectivity index (χ0v) is 12.0.